The Labute approximate surface area is 125 Å². The molecule has 0 heterocycles. The zero-order valence-electron chi connectivity index (χ0n) is 10.5. The van der Waals surface area contributed by atoms with E-state index in [1.165, 1.54) is 23.9 Å². The fraction of sp³-hybridized carbons (Fsp3) is 0.143. The van der Waals surface area contributed by atoms with Gasteiger partial charge in [0, 0.05) is 27.3 Å². The third kappa shape index (κ3) is 3.72. The van der Waals surface area contributed by atoms with Crippen LogP contribution in [-0.2, 0) is 12.4 Å². The van der Waals surface area contributed by atoms with Crippen molar-refractivity contribution in [1.29, 1.82) is 0 Å². The zero-order valence-corrected chi connectivity index (χ0v) is 12.0. The topological polar surface area (TPSA) is 63.4 Å². The molecule has 1 N–H and O–H groups in total. The molecule has 0 aromatic heterocycles. The highest BCUT2D eigenvalue weighted by molar-refractivity contribution is 7.98. The molecule has 0 saturated heterocycles. The third-order valence-corrected chi connectivity index (χ3v) is 4.03. The molecule has 0 spiro atoms. The molecule has 0 atom stereocenters. The number of rotatable bonds is 5. The second-order valence-electron chi connectivity index (χ2n) is 4.12. The monoisotopic (exact) mass is 309 g/mol. The lowest BCUT2D eigenvalue weighted by molar-refractivity contribution is -0.385. The number of hydrogen-bond donors (Lipinski definition) is 1. The molecule has 0 fully saturated rings. The SMILES string of the molecule is O=[N+]([O-])c1ccc(Cl)cc1CSc1ccc(CO)cc1. The Morgan fingerprint density at radius 2 is 1.90 bits per heavy atom. The first-order chi connectivity index (χ1) is 9.60. The number of thioether (sulfide) groups is 1. The lowest BCUT2D eigenvalue weighted by Gasteiger charge is -2.05. The lowest BCUT2D eigenvalue weighted by Crippen LogP contribution is -1.94. The van der Waals surface area contributed by atoms with Crippen LogP contribution in [0.4, 0.5) is 5.69 Å². The number of nitro benzene ring substituents is 1. The summed E-state index contributed by atoms with van der Waals surface area (Å²) in [6, 6.07) is 12.0. The van der Waals surface area contributed by atoms with Crippen LogP contribution in [0, 0.1) is 10.1 Å². The predicted octanol–water partition coefficient (Wildman–Crippen LogP) is 4.03. The lowest BCUT2D eigenvalue weighted by atomic mass is 10.2. The molecule has 4 nitrogen and oxygen atoms in total. The van der Waals surface area contributed by atoms with Crippen molar-refractivity contribution < 1.29 is 10.0 Å². The number of aliphatic hydroxyl groups is 1. The molecule has 104 valence electrons. The van der Waals surface area contributed by atoms with Gasteiger partial charge in [-0.25, -0.2) is 0 Å². The summed E-state index contributed by atoms with van der Waals surface area (Å²) in [6.45, 7) is 0.00467. The van der Waals surface area contributed by atoms with Crippen molar-refractivity contribution in [3.05, 3.63) is 68.7 Å². The summed E-state index contributed by atoms with van der Waals surface area (Å²) < 4.78 is 0. The standard InChI is InChI=1S/C14H12ClNO3S/c15-12-3-6-14(16(18)19)11(7-12)9-20-13-4-1-10(8-17)2-5-13/h1-7,17H,8-9H2. The van der Waals surface area contributed by atoms with Gasteiger partial charge in [0.2, 0.25) is 0 Å². The van der Waals surface area contributed by atoms with Crippen molar-refractivity contribution in [1.82, 2.24) is 0 Å². The van der Waals surface area contributed by atoms with E-state index < -0.39 is 4.92 Å². The van der Waals surface area contributed by atoms with E-state index in [1.54, 1.807) is 6.07 Å². The molecule has 0 saturated carbocycles. The first-order valence-electron chi connectivity index (χ1n) is 5.85. The third-order valence-electron chi connectivity index (χ3n) is 2.74. The number of aliphatic hydroxyl groups excluding tert-OH is 1. The minimum atomic E-state index is -0.402. The largest absolute Gasteiger partial charge is 0.392 e. The number of nitrogens with zero attached hydrogens (tertiary/aromatic N) is 1. The maximum Gasteiger partial charge on any atom is 0.273 e. The van der Waals surface area contributed by atoms with Crippen LogP contribution < -0.4 is 0 Å². The summed E-state index contributed by atoms with van der Waals surface area (Å²) in [5.74, 6) is 0.468. The van der Waals surface area contributed by atoms with Gasteiger partial charge >= 0.3 is 0 Å². The molecule has 0 unspecified atom stereocenters. The predicted molar refractivity (Wildman–Crippen MR) is 80.0 cm³/mol. The summed E-state index contributed by atoms with van der Waals surface area (Å²) in [5, 5.41) is 20.4. The molecular formula is C14H12ClNO3S. The average molecular weight is 310 g/mol. The normalized spacial score (nSPS) is 10.5. The molecule has 2 aromatic rings. The van der Waals surface area contributed by atoms with E-state index >= 15 is 0 Å². The van der Waals surface area contributed by atoms with Crippen LogP contribution in [0.3, 0.4) is 0 Å². The second-order valence-corrected chi connectivity index (χ2v) is 5.61. The average Bonchev–Trinajstić information content (AvgIpc) is 2.45. The first kappa shape index (κ1) is 14.8. The highest BCUT2D eigenvalue weighted by Gasteiger charge is 2.13. The van der Waals surface area contributed by atoms with Crippen LogP contribution in [-0.4, -0.2) is 10.0 Å². The highest BCUT2D eigenvalue weighted by Crippen LogP contribution is 2.30. The van der Waals surface area contributed by atoms with Crippen LogP contribution in [0.2, 0.25) is 5.02 Å². The van der Waals surface area contributed by atoms with Crippen molar-refractivity contribution in [3.8, 4) is 0 Å². The van der Waals surface area contributed by atoms with Gasteiger partial charge in [-0.2, -0.15) is 0 Å². The fourth-order valence-corrected chi connectivity index (χ4v) is 2.78. The van der Waals surface area contributed by atoms with E-state index in [1.807, 2.05) is 24.3 Å². The Balaban J connectivity index is 2.13. The smallest absolute Gasteiger partial charge is 0.273 e. The molecule has 6 heteroatoms. The van der Waals surface area contributed by atoms with E-state index in [4.69, 9.17) is 16.7 Å². The van der Waals surface area contributed by atoms with E-state index in [-0.39, 0.29) is 12.3 Å². The van der Waals surface area contributed by atoms with Gasteiger partial charge in [0.25, 0.3) is 5.69 Å². The number of benzene rings is 2. The van der Waals surface area contributed by atoms with Gasteiger partial charge in [-0.15, -0.1) is 11.8 Å². The van der Waals surface area contributed by atoms with Gasteiger partial charge in [-0.3, -0.25) is 10.1 Å². The second kappa shape index (κ2) is 6.74. The van der Waals surface area contributed by atoms with Crippen molar-refractivity contribution in [2.45, 2.75) is 17.3 Å². The van der Waals surface area contributed by atoms with E-state index in [0.717, 1.165) is 10.5 Å². The van der Waals surface area contributed by atoms with Gasteiger partial charge < -0.3 is 5.11 Å². The van der Waals surface area contributed by atoms with Crippen LogP contribution in [0.1, 0.15) is 11.1 Å². The quantitative estimate of drug-likeness (QED) is 0.514. The maximum atomic E-state index is 11.0. The Morgan fingerprint density at radius 1 is 1.20 bits per heavy atom. The summed E-state index contributed by atoms with van der Waals surface area (Å²) in [4.78, 5) is 11.5. The minimum absolute atomic E-state index is 0.00467. The van der Waals surface area contributed by atoms with Crippen LogP contribution in [0.5, 0.6) is 0 Å². The summed E-state index contributed by atoms with van der Waals surface area (Å²) in [5.41, 5.74) is 1.51. The fourth-order valence-electron chi connectivity index (χ4n) is 1.70. The Bertz CT molecular complexity index is 616. The molecule has 0 aliphatic rings. The van der Waals surface area contributed by atoms with Crippen molar-refractivity contribution in [2.24, 2.45) is 0 Å². The molecule has 0 amide bonds. The van der Waals surface area contributed by atoms with Gasteiger partial charge in [0.15, 0.2) is 0 Å². The molecule has 20 heavy (non-hydrogen) atoms. The van der Waals surface area contributed by atoms with Crippen LogP contribution >= 0.6 is 23.4 Å². The van der Waals surface area contributed by atoms with Crippen LogP contribution in [0.25, 0.3) is 0 Å². The van der Waals surface area contributed by atoms with Crippen molar-refractivity contribution in [3.63, 3.8) is 0 Å². The summed E-state index contributed by atoms with van der Waals surface area (Å²) in [6.07, 6.45) is 0. The van der Waals surface area contributed by atoms with Gasteiger partial charge in [-0.05, 0) is 29.8 Å². The molecule has 0 aliphatic heterocycles. The molecule has 0 radical (unpaired) electrons. The van der Waals surface area contributed by atoms with Gasteiger partial charge in [-0.1, -0.05) is 23.7 Å². The molecule has 2 rings (SSSR count). The number of nitro groups is 1. The summed E-state index contributed by atoms with van der Waals surface area (Å²) in [7, 11) is 0. The Morgan fingerprint density at radius 3 is 2.50 bits per heavy atom. The van der Waals surface area contributed by atoms with E-state index in [9.17, 15) is 10.1 Å². The maximum absolute atomic E-state index is 11.0. The van der Waals surface area contributed by atoms with E-state index in [2.05, 4.69) is 0 Å². The summed E-state index contributed by atoms with van der Waals surface area (Å²) >= 11 is 7.37. The van der Waals surface area contributed by atoms with Gasteiger partial charge in [0.05, 0.1) is 11.5 Å². The number of halogens is 1. The molecule has 2 aromatic carbocycles. The van der Waals surface area contributed by atoms with Crippen LogP contribution in [0.15, 0.2) is 47.4 Å². The highest BCUT2D eigenvalue weighted by atomic mass is 35.5. The molecule has 0 aliphatic carbocycles. The Hall–Kier alpha value is -1.56. The van der Waals surface area contributed by atoms with E-state index in [0.29, 0.717) is 16.3 Å². The van der Waals surface area contributed by atoms with Crippen molar-refractivity contribution in [2.75, 3.05) is 0 Å². The molecular weight excluding hydrogens is 298 g/mol. The Kier molecular flexibility index (Phi) is 5.00. The zero-order chi connectivity index (χ0) is 14.5. The molecule has 0 bridgehead atoms. The number of hydrogen-bond acceptors (Lipinski definition) is 4. The van der Waals surface area contributed by atoms with Gasteiger partial charge in [0.1, 0.15) is 0 Å². The minimum Gasteiger partial charge on any atom is -0.392 e. The van der Waals surface area contributed by atoms with Crippen molar-refractivity contribution >= 4 is 29.1 Å². The first-order valence-corrected chi connectivity index (χ1v) is 7.22.